The third kappa shape index (κ3) is 2.88. The van der Waals surface area contributed by atoms with Crippen LogP contribution in [0.15, 0.2) is 18.2 Å². The fourth-order valence-corrected chi connectivity index (χ4v) is 1.74. The quantitative estimate of drug-likeness (QED) is 0.801. The van der Waals surface area contributed by atoms with Crippen LogP contribution in [0.1, 0.15) is 19.8 Å². The molecule has 0 spiro atoms. The summed E-state index contributed by atoms with van der Waals surface area (Å²) in [6.45, 7) is 3.16. The fraction of sp³-hybridized carbons (Fsp3) is 0.538. The van der Waals surface area contributed by atoms with E-state index in [1.54, 1.807) is 12.1 Å². The predicted octanol–water partition coefficient (Wildman–Crippen LogP) is 2.41. The number of aliphatic hydroxyl groups excluding tert-OH is 1. The van der Waals surface area contributed by atoms with Crippen molar-refractivity contribution in [1.29, 1.82) is 0 Å². The number of halogens is 1. The Morgan fingerprint density at radius 3 is 2.76 bits per heavy atom. The normalized spacial score (nSPS) is 16.6. The van der Waals surface area contributed by atoms with Gasteiger partial charge in [-0.2, -0.15) is 0 Å². The van der Waals surface area contributed by atoms with Gasteiger partial charge in [-0.15, -0.1) is 0 Å². The average Bonchev–Trinajstić information content (AvgIpc) is 3.11. The van der Waals surface area contributed by atoms with E-state index in [0.29, 0.717) is 13.2 Å². The summed E-state index contributed by atoms with van der Waals surface area (Å²) in [7, 11) is 0. The minimum Gasteiger partial charge on any atom is -0.491 e. The van der Waals surface area contributed by atoms with Crippen LogP contribution in [0, 0.1) is 11.2 Å². The van der Waals surface area contributed by atoms with Crippen LogP contribution in [0.3, 0.4) is 0 Å². The maximum Gasteiger partial charge on any atom is 0.167 e. The van der Waals surface area contributed by atoms with Crippen molar-refractivity contribution in [1.82, 2.24) is 0 Å². The monoisotopic (exact) mass is 239 g/mol. The number of hydrogen-bond acceptors (Lipinski definition) is 3. The van der Waals surface area contributed by atoms with E-state index < -0.39 is 0 Å². The molecule has 2 rings (SSSR count). The third-order valence-electron chi connectivity index (χ3n) is 3.19. The molecule has 1 fully saturated rings. The molecule has 2 N–H and O–H groups in total. The number of aliphatic hydroxyl groups is 1. The van der Waals surface area contributed by atoms with E-state index in [4.69, 9.17) is 9.84 Å². The van der Waals surface area contributed by atoms with E-state index in [0.717, 1.165) is 18.5 Å². The summed E-state index contributed by atoms with van der Waals surface area (Å²) >= 11 is 0. The van der Waals surface area contributed by atoms with Crippen LogP contribution >= 0.6 is 0 Å². The highest BCUT2D eigenvalue weighted by molar-refractivity contribution is 5.47. The lowest BCUT2D eigenvalue weighted by Gasteiger charge is -2.14. The van der Waals surface area contributed by atoms with Gasteiger partial charge in [-0.1, -0.05) is 0 Å². The van der Waals surface area contributed by atoms with Crippen molar-refractivity contribution >= 4 is 5.69 Å². The van der Waals surface area contributed by atoms with Gasteiger partial charge in [-0.05, 0) is 31.9 Å². The number of nitrogens with one attached hydrogen (secondary N) is 1. The zero-order chi connectivity index (χ0) is 12.3. The molecule has 1 aromatic rings. The van der Waals surface area contributed by atoms with Gasteiger partial charge >= 0.3 is 0 Å². The SMILES string of the molecule is CCOc1ccc(NCC2(CO)CC2)cc1F. The van der Waals surface area contributed by atoms with Crippen LogP contribution in [-0.4, -0.2) is 24.9 Å². The molecule has 17 heavy (non-hydrogen) atoms. The number of rotatable bonds is 6. The van der Waals surface area contributed by atoms with Crippen molar-refractivity contribution in [3.05, 3.63) is 24.0 Å². The van der Waals surface area contributed by atoms with Gasteiger partial charge in [0.2, 0.25) is 0 Å². The summed E-state index contributed by atoms with van der Waals surface area (Å²) in [5.74, 6) is -0.0768. The molecule has 0 amide bonds. The van der Waals surface area contributed by atoms with Gasteiger partial charge in [0.15, 0.2) is 11.6 Å². The zero-order valence-electron chi connectivity index (χ0n) is 10.0. The van der Waals surface area contributed by atoms with Crippen LogP contribution in [0.2, 0.25) is 0 Å². The van der Waals surface area contributed by atoms with Crippen molar-refractivity contribution in [2.45, 2.75) is 19.8 Å². The van der Waals surface area contributed by atoms with E-state index in [1.165, 1.54) is 6.07 Å². The van der Waals surface area contributed by atoms with E-state index in [1.807, 2.05) is 6.92 Å². The maximum atomic E-state index is 13.5. The fourth-order valence-electron chi connectivity index (χ4n) is 1.74. The van der Waals surface area contributed by atoms with Gasteiger partial charge in [0.25, 0.3) is 0 Å². The van der Waals surface area contributed by atoms with Crippen LogP contribution in [0.5, 0.6) is 5.75 Å². The molecule has 0 saturated heterocycles. The molecule has 94 valence electrons. The van der Waals surface area contributed by atoms with Gasteiger partial charge in [-0.3, -0.25) is 0 Å². The Hall–Kier alpha value is -1.29. The first-order valence-electron chi connectivity index (χ1n) is 5.96. The highest BCUT2D eigenvalue weighted by atomic mass is 19.1. The molecule has 0 radical (unpaired) electrons. The summed E-state index contributed by atoms with van der Waals surface area (Å²) in [6.07, 6.45) is 2.08. The Kier molecular flexibility index (Phi) is 3.52. The summed E-state index contributed by atoms with van der Waals surface area (Å²) in [4.78, 5) is 0. The first kappa shape index (κ1) is 12.2. The summed E-state index contributed by atoms with van der Waals surface area (Å²) in [6, 6.07) is 4.85. The summed E-state index contributed by atoms with van der Waals surface area (Å²) in [5.41, 5.74) is 0.750. The molecule has 0 aliphatic heterocycles. The van der Waals surface area contributed by atoms with Gasteiger partial charge in [0.05, 0.1) is 13.2 Å². The maximum absolute atomic E-state index is 13.5. The van der Waals surface area contributed by atoms with Crippen LogP contribution < -0.4 is 10.1 Å². The Morgan fingerprint density at radius 1 is 1.47 bits per heavy atom. The second-order valence-electron chi connectivity index (χ2n) is 4.59. The van der Waals surface area contributed by atoms with Crippen molar-refractivity contribution in [3.8, 4) is 5.75 Å². The largest absolute Gasteiger partial charge is 0.491 e. The first-order chi connectivity index (χ1) is 8.19. The molecule has 0 aromatic heterocycles. The van der Waals surface area contributed by atoms with Gasteiger partial charge in [-0.25, -0.2) is 4.39 Å². The number of hydrogen-bond donors (Lipinski definition) is 2. The van der Waals surface area contributed by atoms with Crippen LogP contribution in [0.4, 0.5) is 10.1 Å². The van der Waals surface area contributed by atoms with Gasteiger partial charge in [0, 0.05) is 23.7 Å². The summed E-state index contributed by atoms with van der Waals surface area (Å²) < 4.78 is 18.7. The van der Waals surface area contributed by atoms with Crippen molar-refractivity contribution in [3.63, 3.8) is 0 Å². The highest BCUT2D eigenvalue weighted by Gasteiger charge is 2.41. The second kappa shape index (κ2) is 4.92. The minimum atomic E-state index is -0.356. The highest BCUT2D eigenvalue weighted by Crippen LogP contribution is 2.44. The summed E-state index contributed by atoms with van der Waals surface area (Å²) in [5, 5.41) is 12.3. The Balaban J connectivity index is 1.95. The number of benzene rings is 1. The van der Waals surface area contributed by atoms with Gasteiger partial charge in [0.1, 0.15) is 0 Å². The minimum absolute atomic E-state index is 0.0229. The topological polar surface area (TPSA) is 41.5 Å². The molecule has 4 heteroatoms. The smallest absolute Gasteiger partial charge is 0.167 e. The molecule has 1 aliphatic rings. The number of anilines is 1. The lowest BCUT2D eigenvalue weighted by Crippen LogP contribution is -2.19. The molecule has 0 heterocycles. The zero-order valence-corrected chi connectivity index (χ0v) is 10.0. The van der Waals surface area contributed by atoms with E-state index in [2.05, 4.69) is 5.32 Å². The lowest BCUT2D eigenvalue weighted by molar-refractivity contribution is 0.220. The molecule has 1 aliphatic carbocycles. The van der Waals surface area contributed by atoms with Crippen LogP contribution in [-0.2, 0) is 0 Å². The van der Waals surface area contributed by atoms with E-state index in [9.17, 15) is 4.39 Å². The Bertz CT molecular complexity index is 391. The molecule has 0 bridgehead atoms. The predicted molar refractivity (Wildman–Crippen MR) is 64.8 cm³/mol. The molecular weight excluding hydrogens is 221 g/mol. The van der Waals surface area contributed by atoms with E-state index >= 15 is 0 Å². The molecule has 1 saturated carbocycles. The molecule has 0 unspecified atom stereocenters. The molecule has 1 aromatic carbocycles. The van der Waals surface area contributed by atoms with Crippen LogP contribution in [0.25, 0.3) is 0 Å². The Morgan fingerprint density at radius 2 is 2.24 bits per heavy atom. The molecule has 3 nitrogen and oxygen atoms in total. The standard InChI is InChI=1S/C13H18FNO2/c1-2-17-12-4-3-10(7-11(12)14)15-8-13(9-16)5-6-13/h3-4,7,15-16H,2,5-6,8-9H2,1H3. The Labute approximate surface area is 101 Å². The van der Waals surface area contributed by atoms with Crippen molar-refractivity contribution < 1.29 is 14.2 Å². The van der Waals surface area contributed by atoms with E-state index in [-0.39, 0.29) is 23.6 Å². The first-order valence-corrected chi connectivity index (χ1v) is 5.96. The van der Waals surface area contributed by atoms with Crippen molar-refractivity contribution in [2.75, 3.05) is 25.1 Å². The average molecular weight is 239 g/mol. The second-order valence-corrected chi connectivity index (χ2v) is 4.59. The van der Waals surface area contributed by atoms with Crippen molar-refractivity contribution in [2.24, 2.45) is 5.41 Å². The number of ether oxygens (including phenoxy) is 1. The third-order valence-corrected chi connectivity index (χ3v) is 3.19. The molecular formula is C13H18FNO2. The van der Waals surface area contributed by atoms with Gasteiger partial charge < -0.3 is 15.2 Å². The lowest BCUT2D eigenvalue weighted by atomic mass is 10.1. The molecule has 0 atom stereocenters.